The van der Waals surface area contributed by atoms with Crippen LogP contribution in [0.5, 0.6) is 5.75 Å². The average Bonchev–Trinajstić information content (AvgIpc) is 3.48. The molecule has 3 aromatic rings. The molecule has 0 atom stereocenters. The standard InChI is InChI=1S/C22H27FN8O2/c1-33-19-6-4-5-18(23)16(19)12-25-21-17(20(24)32)13-26-22(29-21)28-15-11-27-31(14-15)10-9-30-7-2-3-8-30/h4-6,11,13-14H,2-3,7-10,12H2,1H3,(H2,24,32)(H2,25,26,28,29). The number of anilines is 3. The first-order valence-corrected chi connectivity index (χ1v) is 10.8. The van der Waals surface area contributed by atoms with Crippen molar-refractivity contribution in [3.63, 3.8) is 0 Å². The highest BCUT2D eigenvalue weighted by Crippen LogP contribution is 2.24. The molecule has 11 heteroatoms. The van der Waals surface area contributed by atoms with Crippen LogP contribution in [0.3, 0.4) is 0 Å². The highest BCUT2D eigenvalue weighted by atomic mass is 19.1. The van der Waals surface area contributed by atoms with Gasteiger partial charge in [-0.25, -0.2) is 9.37 Å². The molecule has 1 aliphatic rings. The summed E-state index contributed by atoms with van der Waals surface area (Å²) in [5.74, 6) is -0.304. The fraction of sp³-hybridized carbons (Fsp3) is 0.364. The Morgan fingerprint density at radius 2 is 2.06 bits per heavy atom. The number of ether oxygens (including phenoxy) is 1. The van der Waals surface area contributed by atoms with Gasteiger partial charge >= 0.3 is 0 Å². The number of hydrogen-bond acceptors (Lipinski definition) is 8. The van der Waals surface area contributed by atoms with Gasteiger partial charge in [-0.05, 0) is 38.1 Å². The summed E-state index contributed by atoms with van der Waals surface area (Å²) in [5.41, 5.74) is 6.58. The Morgan fingerprint density at radius 1 is 1.24 bits per heavy atom. The van der Waals surface area contributed by atoms with Crippen molar-refractivity contribution in [2.75, 3.05) is 37.4 Å². The lowest BCUT2D eigenvalue weighted by Gasteiger charge is -2.14. The predicted octanol–water partition coefficient (Wildman–Crippen LogP) is 2.37. The minimum atomic E-state index is -0.695. The van der Waals surface area contributed by atoms with E-state index in [0.717, 1.165) is 26.2 Å². The van der Waals surface area contributed by atoms with Gasteiger partial charge in [0.15, 0.2) is 0 Å². The zero-order valence-corrected chi connectivity index (χ0v) is 18.4. The molecule has 2 aromatic heterocycles. The Bertz CT molecular complexity index is 1110. The number of nitrogens with zero attached hydrogens (tertiary/aromatic N) is 5. The maximum atomic E-state index is 14.3. The Hall–Kier alpha value is -3.73. The van der Waals surface area contributed by atoms with Crippen LogP contribution < -0.4 is 21.1 Å². The molecule has 0 aliphatic carbocycles. The normalized spacial score (nSPS) is 13.8. The number of benzene rings is 1. The Morgan fingerprint density at radius 3 is 2.82 bits per heavy atom. The van der Waals surface area contributed by atoms with Gasteiger partial charge in [-0.1, -0.05) is 6.07 Å². The third kappa shape index (κ3) is 5.55. The number of amides is 1. The number of carbonyl (C=O) groups excluding carboxylic acids is 1. The minimum Gasteiger partial charge on any atom is -0.496 e. The molecule has 33 heavy (non-hydrogen) atoms. The quantitative estimate of drug-likeness (QED) is 0.427. The van der Waals surface area contributed by atoms with Gasteiger partial charge in [-0.2, -0.15) is 10.1 Å². The number of likely N-dealkylation sites (tertiary alicyclic amines) is 1. The van der Waals surface area contributed by atoms with Gasteiger partial charge in [-0.15, -0.1) is 0 Å². The number of aromatic nitrogens is 4. The molecule has 0 spiro atoms. The van der Waals surface area contributed by atoms with Gasteiger partial charge in [0.2, 0.25) is 5.95 Å². The van der Waals surface area contributed by atoms with Crippen LogP contribution in [0.15, 0.2) is 36.8 Å². The SMILES string of the molecule is COc1cccc(F)c1CNc1nc(Nc2cnn(CCN3CCCC3)c2)ncc1C(N)=O. The number of hydrogen-bond donors (Lipinski definition) is 3. The first-order chi connectivity index (χ1) is 16.0. The van der Waals surface area contributed by atoms with Gasteiger partial charge in [0.05, 0.1) is 31.1 Å². The lowest BCUT2D eigenvalue weighted by molar-refractivity contribution is 0.100. The minimum absolute atomic E-state index is 0.0427. The zero-order valence-electron chi connectivity index (χ0n) is 18.4. The molecular formula is C22H27FN8O2. The van der Waals surface area contributed by atoms with Gasteiger partial charge in [-0.3, -0.25) is 9.48 Å². The van der Waals surface area contributed by atoms with Crippen LogP contribution >= 0.6 is 0 Å². The molecule has 0 unspecified atom stereocenters. The van der Waals surface area contributed by atoms with Crippen molar-refractivity contribution in [3.05, 3.63) is 53.7 Å². The number of methoxy groups -OCH3 is 1. The van der Waals surface area contributed by atoms with E-state index in [1.54, 1.807) is 18.3 Å². The van der Waals surface area contributed by atoms with E-state index in [-0.39, 0.29) is 23.9 Å². The molecule has 4 N–H and O–H groups in total. The number of rotatable bonds is 10. The van der Waals surface area contributed by atoms with Crippen LogP contribution in [0.1, 0.15) is 28.8 Å². The van der Waals surface area contributed by atoms with Crippen LogP contribution in [0, 0.1) is 5.82 Å². The van der Waals surface area contributed by atoms with Crippen LogP contribution in [-0.2, 0) is 13.1 Å². The Labute approximate surface area is 191 Å². The van der Waals surface area contributed by atoms with Crippen LogP contribution in [0.4, 0.5) is 21.8 Å². The van der Waals surface area contributed by atoms with E-state index >= 15 is 0 Å². The summed E-state index contributed by atoms with van der Waals surface area (Å²) in [4.78, 5) is 22.8. The molecule has 1 amide bonds. The smallest absolute Gasteiger partial charge is 0.254 e. The van der Waals surface area contributed by atoms with Gasteiger partial charge in [0.25, 0.3) is 5.91 Å². The van der Waals surface area contributed by atoms with E-state index in [9.17, 15) is 9.18 Å². The summed E-state index contributed by atoms with van der Waals surface area (Å²) in [6, 6.07) is 4.55. The van der Waals surface area contributed by atoms with Gasteiger partial charge in [0.1, 0.15) is 17.4 Å². The molecule has 1 saturated heterocycles. The summed E-state index contributed by atoms with van der Waals surface area (Å²) >= 11 is 0. The van der Waals surface area contributed by atoms with E-state index in [1.807, 2.05) is 10.9 Å². The lowest BCUT2D eigenvalue weighted by Crippen LogP contribution is -2.24. The third-order valence-corrected chi connectivity index (χ3v) is 5.52. The first-order valence-electron chi connectivity index (χ1n) is 10.8. The maximum Gasteiger partial charge on any atom is 0.254 e. The fourth-order valence-corrected chi connectivity index (χ4v) is 3.76. The van der Waals surface area contributed by atoms with E-state index in [1.165, 1.54) is 32.2 Å². The van der Waals surface area contributed by atoms with Crippen molar-refractivity contribution >= 4 is 23.4 Å². The molecule has 0 bridgehead atoms. The van der Waals surface area contributed by atoms with E-state index < -0.39 is 11.7 Å². The molecule has 4 rings (SSSR count). The van der Waals surface area contributed by atoms with Crippen LogP contribution in [0.25, 0.3) is 0 Å². The third-order valence-electron chi connectivity index (χ3n) is 5.52. The van der Waals surface area contributed by atoms with Crippen molar-refractivity contribution in [1.82, 2.24) is 24.6 Å². The molecule has 1 aliphatic heterocycles. The zero-order chi connectivity index (χ0) is 23.2. The summed E-state index contributed by atoms with van der Waals surface area (Å²) in [6.45, 7) is 4.07. The topological polar surface area (TPSA) is 123 Å². The maximum absolute atomic E-state index is 14.3. The second kappa shape index (κ2) is 10.3. The monoisotopic (exact) mass is 454 g/mol. The summed E-state index contributed by atoms with van der Waals surface area (Å²) in [5, 5.41) is 10.4. The van der Waals surface area contributed by atoms with Gasteiger partial charge < -0.3 is 26.0 Å². The summed E-state index contributed by atoms with van der Waals surface area (Å²) in [6.07, 6.45) is 7.40. The molecular weight excluding hydrogens is 427 g/mol. The van der Waals surface area contributed by atoms with Crippen molar-refractivity contribution in [3.8, 4) is 5.75 Å². The number of nitrogens with two attached hydrogens (primary N) is 1. The molecule has 1 aromatic carbocycles. The molecule has 0 radical (unpaired) electrons. The highest BCUT2D eigenvalue weighted by Gasteiger charge is 2.16. The molecule has 10 nitrogen and oxygen atoms in total. The van der Waals surface area contributed by atoms with Crippen LogP contribution in [-0.4, -0.2) is 57.3 Å². The number of primary amides is 1. The molecule has 1 fully saturated rings. The highest BCUT2D eigenvalue weighted by molar-refractivity contribution is 5.97. The van der Waals surface area contributed by atoms with Crippen LogP contribution in [0.2, 0.25) is 0 Å². The fourth-order valence-electron chi connectivity index (χ4n) is 3.76. The molecule has 3 heterocycles. The van der Waals surface area contributed by atoms with Gasteiger partial charge in [0, 0.05) is 31.0 Å². The second-order valence-electron chi connectivity index (χ2n) is 7.76. The molecule has 174 valence electrons. The van der Waals surface area contributed by atoms with E-state index in [0.29, 0.717) is 17.0 Å². The Balaban J connectivity index is 1.46. The summed E-state index contributed by atoms with van der Waals surface area (Å²) in [7, 11) is 1.46. The van der Waals surface area contributed by atoms with Crippen molar-refractivity contribution in [2.45, 2.75) is 25.9 Å². The largest absolute Gasteiger partial charge is 0.496 e. The molecule has 0 saturated carbocycles. The number of carbonyl (C=O) groups is 1. The van der Waals surface area contributed by atoms with Crippen molar-refractivity contribution in [2.24, 2.45) is 5.73 Å². The van der Waals surface area contributed by atoms with E-state index in [2.05, 4.69) is 30.6 Å². The number of nitrogens with one attached hydrogen (secondary N) is 2. The average molecular weight is 455 g/mol. The number of halogens is 1. The Kier molecular flexibility index (Phi) is 6.98. The first kappa shape index (κ1) is 22.5. The predicted molar refractivity (Wildman–Crippen MR) is 122 cm³/mol. The summed E-state index contributed by atoms with van der Waals surface area (Å²) < 4.78 is 21.3. The second-order valence-corrected chi connectivity index (χ2v) is 7.76. The van der Waals surface area contributed by atoms with Crippen molar-refractivity contribution < 1.29 is 13.9 Å². The van der Waals surface area contributed by atoms with E-state index in [4.69, 9.17) is 10.5 Å². The van der Waals surface area contributed by atoms with Crippen molar-refractivity contribution in [1.29, 1.82) is 0 Å². The lowest BCUT2D eigenvalue weighted by atomic mass is 10.2.